The normalized spacial score (nSPS) is 20.8. The minimum absolute atomic E-state index is 0.0809. The molecule has 0 atom stereocenters. The topological polar surface area (TPSA) is 18.5 Å². The summed E-state index contributed by atoms with van der Waals surface area (Å²) in [5.41, 5.74) is 0. The molecule has 0 bridgehead atoms. The smallest absolute Gasteiger partial charge is 0.204 e. The molecular weight excluding hydrogens is 322 g/mol. The maximum absolute atomic E-state index is 13.8. The molecule has 2 rings (SSSR count). The van der Waals surface area contributed by atoms with Crippen molar-refractivity contribution in [1.29, 1.82) is 0 Å². The SMILES string of the molecule is CCCCC[C@H]1CC[C@H](/C=C/COc2ccc(OC)c(F)c2F)CC1. The van der Waals surface area contributed by atoms with E-state index < -0.39 is 11.6 Å². The molecule has 0 aliphatic heterocycles. The number of ether oxygens (including phenoxy) is 2. The van der Waals surface area contributed by atoms with E-state index in [-0.39, 0.29) is 18.1 Å². The number of unbranched alkanes of at least 4 members (excludes halogenated alkanes) is 2. The predicted octanol–water partition coefficient (Wildman–Crippen LogP) is 6.30. The summed E-state index contributed by atoms with van der Waals surface area (Å²) in [5.74, 6) is -0.725. The Kier molecular flexibility index (Phi) is 8.23. The van der Waals surface area contributed by atoms with Gasteiger partial charge in [0.05, 0.1) is 7.11 Å². The highest BCUT2D eigenvalue weighted by atomic mass is 19.2. The Labute approximate surface area is 150 Å². The molecule has 0 saturated heterocycles. The molecule has 0 amide bonds. The van der Waals surface area contributed by atoms with Gasteiger partial charge in [-0.05, 0) is 49.7 Å². The van der Waals surface area contributed by atoms with Crippen LogP contribution in [0.5, 0.6) is 11.5 Å². The average Bonchev–Trinajstić information content (AvgIpc) is 2.63. The first-order chi connectivity index (χ1) is 12.2. The van der Waals surface area contributed by atoms with Crippen LogP contribution in [0.3, 0.4) is 0 Å². The van der Waals surface area contributed by atoms with Crippen LogP contribution in [0.4, 0.5) is 8.78 Å². The van der Waals surface area contributed by atoms with Crippen LogP contribution in [0.2, 0.25) is 0 Å². The lowest BCUT2D eigenvalue weighted by molar-refractivity contribution is 0.287. The number of hydrogen-bond acceptors (Lipinski definition) is 2. The standard InChI is InChI=1S/C21H30F2O2/c1-3-4-5-7-16-9-11-17(12-10-16)8-6-15-25-19-14-13-18(24-2)20(22)21(19)23/h6,8,13-14,16-17H,3-5,7,9-12,15H2,1-2H3/b8-6+/t16-,17-. The molecule has 1 aliphatic rings. The van der Waals surface area contributed by atoms with E-state index in [1.54, 1.807) is 0 Å². The summed E-state index contributed by atoms with van der Waals surface area (Å²) in [7, 11) is 1.31. The van der Waals surface area contributed by atoms with Gasteiger partial charge in [0.2, 0.25) is 11.6 Å². The summed E-state index contributed by atoms with van der Waals surface area (Å²) in [5, 5.41) is 0. The highest BCUT2D eigenvalue weighted by molar-refractivity contribution is 5.35. The molecule has 0 unspecified atom stereocenters. The van der Waals surface area contributed by atoms with E-state index in [0.717, 1.165) is 5.92 Å². The third kappa shape index (κ3) is 6.02. The number of halogens is 2. The second kappa shape index (κ2) is 10.4. The lowest BCUT2D eigenvalue weighted by Gasteiger charge is -2.26. The third-order valence-corrected chi connectivity index (χ3v) is 5.08. The van der Waals surface area contributed by atoms with Crippen molar-refractivity contribution in [3.8, 4) is 11.5 Å². The van der Waals surface area contributed by atoms with Crippen molar-refractivity contribution in [3.63, 3.8) is 0 Å². The summed E-state index contributed by atoms with van der Waals surface area (Å²) in [4.78, 5) is 0. The molecule has 0 spiro atoms. The monoisotopic (exact) mass is 352 g/mol. The molecule has 25 heavy (non-hydrogen) atoms. The zero-order valence-electron chi connectivity index (χ0n) is 15.4. The van der Waals surface area contributed by atoms with Gasteiger partial charge in [-0.2, -0.15) is 8.78 Å². The first-order valence-electron chi connectivity index (χ1n) is 9.47. The Balaban J connectivity index is 1.71. The van der Waals surface area contributed by atoms with Gasteiger partial charge in [-0.3, -0.25) is 0 Å². The molecule has 4 heteroatoms. The van der Waals surface area contributed by atoms with Crippen molar-refractivity contribution in [3.05, 3.63) is 35.9 Å². The van der Waals surface area contributed by atoms with Crippen molar-refractivity contribution < 1.29 is 18.3 Å². The Hall–Kier alpha value is -1.58. The number of hydrogen-bond donors (Lipinski definition) is 0. The lowest BCUT2D eigenvalue weighted by atomic mass is 9.79. The quantitative estimate of drug-likeness (QED) is 0.384. The molecule has 1 aromatic carbocycles. The van der Waals surface area contributed by atoms with Crippen molar-refractivity contribution in [2.75, 3.05) is 13.7 Å². The fourth-order valence-corrected chi connectivity index (χ4v) is 3.52. The van der Waals surface area contributed by atoms with Crippen LogP contribution >= 0.6 is 0 Å². The number of rotatable bonds is 9. The number of allylic oxidation sites excluding steroid dienone is 1. The van der Waals surface area contributed by atoms with Crippen LogP contribution in [0.1, 0.15) is 58.3 Å². The summed E-state index contributed by atoms with van der Waals surface area (Å²) >= 11 is 0. The molecule has 0 aromatic heterocycles. The summed E-state index contributed by atoms with van der Waals surface area (Å²) in [6.07, 6.45) is 14.5. The van der Waals surface area contributed by atoms with Crippen molar-refractivity contribution >= 4 is 0 Å². The maximum atomic E-state index is 13.8. The van der Waals surface area contributed by atoms with Gasteiger partial charge in [0, 0.05) is 0 Å². The Morgan fingerprint density at radius 3 is 2.40 bits per heavy atom. The molecule has 2 nitrogen and oxygen atoms in total. The Morgan fingerprint density at radius 1 is 1.04 bits per heavy atom. The summed E-state index contributed by atoms with van der Waals surface area (Å²) in [6.45, 7) is 2.50. The Morgan fingerprint density at radius 2 is 1.72 bits per heavy atom. The van der Waals surface area contributed by atoms with Crippen molar-refractivity contribution in [2.45, 2.75) is 58.3 Å². The number of benzene rings is 1. The average molecular weight is 352 g/mol. The molecule has 1 saturated carbocycles. The molecule has 0 N–H and O–H groups in total. The van der Waals surface area contributed by atoms with Gasteiger partial charge in [0.25, 0.3) is 0 Å². The second-order valence-electron chi connectivity index (χ2n) is 6.91. The van der Waals surface area contributed by atoms with E-state index in [1.807, 2.05) is 6.08 Å². The first-order valence-corrected chi connectivity index (χ1v) is 9.47. The molecular formula is C21H30F2O2. The first kappa shape index (κ1) is 19.7. The van der Waals surface area contributed by atoms with E-state index >= 15 is 0 Å². The van der Waals surface area contributed by atoms with Crippen molar-refractivity contribution in [1.82, 2.24) is 0 Å². The summed E-state index contributed by atoms with van der Waals surface area (Å²) < 4.78 is 37.5. The van der Waals surface area contributed by atoms with Crippen LogP contribution in [-0.4, -0.2) is 13.7 Å². The zero-order valence-corrected chi connectivity index (χ0v) is 15.4. The van der Waals surface area contributed by atoms with E-state index in [4.69, 9.17) is 9.47 Å². The van der Waals surface area contributed by atoms with E-state index in [2.05, 4.69) is 13.0 Å². The highest BCUT2D eigenvalue weighted by Gasteiger charge is 2.19. The predicted molar refractivity (Wildman–Crippen MR) is 97.1 cm³/mol. The third-order valence-electron chi connectivity index (χ3n) is 5.08. The van der Waals surface area contributed by atoms with Crippen molar-refractivity contribution in [2.24, 2.45) is 11.8 Å². The van der Waals surface area contributed by atoms with Gasteiger partial charge >= 0.3 is 0 Å². The van der Waals surface area contributed by atoms with Gasteiger partial charge in [-0.15, -0.1) is 0 Å². The van der Waals surface area contributed by atoms with E-state index in [1.165, 1.54) is 70.6 Å². The van der Waals surface area contributed by atoms with Gasteiger partial charge in [-0.1, -0.05) is 44.8 Å². The minimum atomic E-state index is -1.01. The van der Waals surface area contributed by atoms with Gasteiger partial charge < -0.3 is 9.47 Å². The number of methoxy groups -OCH3 is 1. The van der Waals surface area contributed by atoms with Crippen LogP contribution in [0.15, 0.2) is 24.3 Å². The van der Waals surface area contributed by atoms with Crippen LogP contribution in [-0.2, 0) is 0 Å². The van der Waals surface area contributed by atoms with E-state index in [0.29, 0.717) is 5.92 Å². The largest absolute Gasteiger partial charge is 0.494 e. The van der Waals surface area contributed by atoms with Crippen LogP contribution in [0, 0.1) is 23.5 Å². The fourth-order valence-electron chi connectivity index (χ4n) is 3.52. The molecule has 1 fully saturated rings. The molecule has 140 valence electrons. The molecule has 1 aliphatic carbocycles. The maximum Gasteiger partial charge on any atom is 0.204 e. The molecule has 0 heterocycles. The van der Waals surface area contributed by atoms with Gasteiger partial charge in [0.1, 0.15) is 6.61 Å². The van der Waals surface area contributed by atoms with Crippen LogP contribution in [0.25, 0.3) is 0 Å². The lowest BCUT2D eigenvalue weighted by Crippen LogP contribution is -2.13. The zero-order chi connectivity index (χ0) is 18.1. The highest BCUT2D eigenvalue weighted by Crippen LogP contribution is 2.32. The fraction of sp³-hybridized carbons (Fsp3) is 0.619. The second-order valence-corrected chi connectivity index (χ2v) is 6.91. The van der Waals surface area contributed by atoms with Gasteiger partial charge in [-0.25, -0.2) is 0 Å². The minimum Gasteiger partial charge on any atom is -0.494 e. The molecule has 1 aromatic rings. The summed E-state index contributed by atoms with van der Waals surface area (Å²) in [6, 6.07) is 2.77. The van der Waals surface area contributed by atoms with Crippen LogP contribution < -0.4 is 9.47 Å². The van der Waals surface area contributed by atoms with E-state index in [9.17, 15) is 8.78 Å². The Bertz CT molecular complexity index is 549. The van der Waals surface area contributed by atoms with Gasteiger partial charge in [0.15, 0.2) is 11.5 Å². The molecule has 0 radical (unpaired) electrons.